The highest BCUT2D eigenvalue weighted by Gasteiger charge is 2.23. The second kappa shape index (κ2) is 17.9. The van der Waals surface area contributed by atoms with E-state index in [2.05, 4.69) is 90.0 Å². The van der Waals surface area contributed by atoms with E-state index in [1.165, 1.54) is 97.1 Å². The number of nitro benzene ring substituents is 2. The molecule has 61 heavy (non-hydrogen) atoms. The van der Waals surface area contributed by atoms with Gasteiger partial charge in [0, 0.05) is 53.6 Å². The number of nitrogens with one attached hydrogen (secondary N) is 5. The molecular formula is C41H24Br4N8O8. The molecule has 7 rings (SSSR count). The Balaban J connectivity index is 1.02. The molecule has 0 bridgehead atoms. The van der Waals surface area contributed by atoms with Crippen LogP contribution in [-0.2, 0) is 0 Å². The third-order valence-corrected chi connectivity index (χ3v) is 11.6. The molecule has 0 aliphatic carbocycles. The number of hydrogen-bond acceptors (Lipinski definition) is 9. The lowest BCUT2D eigenvalue weighted by Gasteiger charge is -2.12. The summed E-state index contributed by atoms with van der Waals surface area (Å²) in [6, 6.07) is 28.5. The van der Waals surface area contributed by atoms with E-state index in [-0.39, 0.29) is 33.6 Å². The molecule has 0 spiro atoms. The highest BCUT2D eigenvalue weighted by Crippen LogP contribution is 2.40. The first-order valence-electron chi connectivity index (χ1n) is 17.5. The molecule has 0 saturated carbocycles. The summed E-state index contributed by atoms with van der Waals surface area (Å²) in [5.74, 6) is -1.76. The van der Waals surface area contributed by atoms with E-state index >= 15 is 0 Å². The van der Waals surface area contributed by atoms with Crippen molar-refractivity contribution in [3.63, 3.8) is 0 Å². The minimum absolute atomic E-state index is 0.0981. The van der Waals surface area contributed by atoms with Gasteiger partial charge in [0.2, 0.25) is 0 Å². The van der Waals surface area contributed by atoms with Crippen LogP contribution in [0.15, 0.2) is 133 Å². The number of carbonyl (C=O) groups excluding carboxylic acids is 4. The van der Waals surface area contributed by atoms with Gasteiger partial charge in [-0.15, -0.1) is 0 Å². The summed E-state index contributed by atoms with van der Waals surface area (Å²) in [6.07, 6.45) is 0. The zero-order valence-electron chi connectivity index (χ0n) is 30.6. The predicted octanol–water partition coefficient (Wildman–Crippen LogP) is 11.1. The number of fused-ring (bicyclic) bond motifs is 1. The number of benzene rings is 6. The Morgan fingerprint density at radius 3 is 1.43 bits per heavy atom. The van der Waals surface area contributed by atoms with E-state index in [0.29, 0.717) is 63.1 Å². The summed E-state index contributed by atoms with van der Waals surface area (Å²) in [7, 11) is 0. The molecule has 0 radical (unpaired) electrons. The van der Waals surface area contributed by atoms with Gasteiger partial charge >= 0.3 is 0 Å². The lowest BCUT2D eigenvalue weighted by Crippen LogP contribution is -2.15. The van der Waals surface area contributed by atoms with Crippen LogP contribution in [0, 0.1) is 20.2 Å². The van der Waals surface area contributed by atoms with Crippen LogP contribution in [0.3, 0.4) is 0 Å². The molecule has 0 unspecified atom stereocenters. The molecule has 0 fully saturated rings. The molecule has 1 heterocycles. The maximum Gasteiger partial charge on any atom is 0.282 e. The molecular weight excluding hydrogens is 1050 g/mol. The van der Waals surface area contributed by atoms with Crippen LogP contribution >= 0.6 is 63.7 Å². The van der Waals surface area contributed by atoms with E-state index in [9.17, 15) is 39.4 Å². The Hall–Kier alpha value is -6.61. The minimum atomic E-state index is -0.667. The smallest absolute Gasteiger partial charge is 0.282 e. The third kappa shape index (κ3) is 9.26. The second-order valence-electron chi connectivity index (χ2n) is 12.9. The summed E-state index contributed by atoms with van der Waals surface area (Å²) in [4.78, 5) is 81.5. The van der Waals surface area contributed by atoms with Gasteiger partial charge in [-0.05, 0) is 143 Å². The lowest BCUT2D eigenvalue weighted by atomic mass is 10.1. The van der Waals surface area contributed by atoms with Crippen molar-refractivity contribution in [2.75, 3.05) is 21.3 Å². The van der Waals surface area contributed by atoms with Crippen LogP contribution < -0.4 is 21.3 Å². The highest BCUT2D eigenvalue weighted by molar-refractivity contribution is 9.11. The Kier molecular flexibility index (Phi) is 12.5. The SMILES string of the molecule is O=C(Nc1c(Br)cc(-c2nc3cc(Br)c(NC(=O)c4ccc(NC(=O)c5ccccc5[N+](=O)[O-])cc4)c(Br)c3[nH]2)cc1Br)c1ccc(NC(=O)c2ccccc2[N+](=O)[O-])cc1. The largest absolute Gasteiger partial charge is 0.337 e. The van der Waals surface area contributed by atoms with Crippen LogP contribution in [0.25, 0.3) is 22.4 Å². The second-order valence-corrected chi connectivity index (χ2v) is 16.2. The number of amides is 4. The molecule has 0 atom stereocenters. The van der Waals surface area contributed by atoms with E-state index in [0.717, 1.165) is 0 Å². The number of nitro groups is 2. The minimum Gasteiger partial charge on any atom is -0.337 e. The average Bonchev–Trinajstić information content (AvgIpc) is 3.68. The molecule has 1 aromatic heterocycles. The van der Waals surface area contributed by atoms with Crippen LogP contribution in [0.1, 0.15) is 41.4 Å². The molecule has 16 nitrogen and oxygen atoms in total. The molecule has 5 N–H and O–H groups in total. The normalized spacial score (nSPS) is 10.8. The van der Waals surface area contributed by atoms with Crippen LogP contribution in [0.4, 0.5) is 34.1 Å². The summed E-state index contributed by atoms with van der Waals surface area (Å²) >= 11 is 14.2. The number of aromatic amines is 1. The van der Waals surface area contributed by atoms with Crippen LogP contribution in [0.5, 0.6) is 0 Å². The van der Waals surface area contributed by atoms with Gasteiger partial charge in [-0.2, -0.15) is 0 Å². The number of carbonyl (C=O) groups is 4. The monoisotopic (exact) mass is 1070 g/mol. The van der Waals surface area contributed by atoms with E-state index in [1.807, 2.05) is 0 Å². The molecule has 0 aliphatic heterocycles. The first kappa shape index (κ1) is 42.5. The number of para-hydroxylation sites is 2. The van der Waals surface area contributed by atoms with Crippen LogP contribution in [-0.4, -0.2) is 43.4 Å². The Labute approximate surface area is 377 Å². The number of rotatable bonds is 11. The number of imidazole rings is 1. The lowest BCUT2D eigenvalue weighted by molar-refractivity contribution is -0.385. The first-order valence-corrected chi connectivity index (χ1v) is 20.6. The van der Waals surface area contributed by atoms with Crippen molar-refractivity contribution in [3.8, 4) is 11.4 Å². The van der Waals surface area contributed by atoms with E-state index in [1.54, 1.807) is 18.2 Å². The van der Waals surface area contributed by atoms with Gasteiger partial charge in [-0.1, -0.05) is 24.3 Å². The topological polar surface area (TPSA) is 231 Å². The highest BCUT2D eigenvalue weighted by atomic mass is 79.9. The number of nitrogens with zero attached hydrogens (tertiary/aromatic N) is 3. The van der Waals surface area contributed by atoms with Gasteiger partial charge < -0.3 is 26.3 Å². The molecule has 4 amide bonds. The molecule has 0 aliphatic rings. The molecule has 20 heteroatoms. The van der Waals surface area contributed by atoms with Crippen molar-refractivity contribution in [1.82, 2.24) is 9.97 Å². The fraction of sp³-hybridized carbons (Fsp3) is 0. The number of halogens is 4. The standard InChI is InChI=1S/C41H24Br4N8O8/c42-27-17-22(18-28(43)34(27)50-38(54)20-9-13-23(14-10-20)46-40(56)25-5-1-3-7-31(25)52(58)59)37-48-30-19-29(44)35(33(45)36(30)49-37)51-39(55)21-11-15-24(16-12-21)47-41(57)26-6-2-4-8-32(26)53(60)61/h1-19H,(H,46,56)(H,47,57)(H,48,49)(H,50,54)(H,51,55). The third-order valence-electron chi connectivity index (χ3n) is 8.97. The van der Waals surface area contributed by atoms with Gasteiger partial charge in [-0.3, -0.25) is 39.4 Å². The molecule has 6 aromatic carbocycles. The summed E-state index contributed by atoms with van der Waals surface area (Å²) in [6.45, 7) is 0. The number of anilines is 4. The summed E-state index contributed by atoms with van der Waals surface area (Å²) < 4.78 is 2.09. The number of hydrogen-bond donors (Lipinski definition) is 5. The van der Waals surface area contributed by atoms with Crippen molar-refractivity contribution in [3.05, 3.63) is 176 Å². The Morgan fingerprint density at radius 1 is 0.541 bits per heavy atom. The van der Waals surface area contributed by atoms with Gasteiger partial charge in [0.25, 0.3) is 35.0 Å². The Morgan fingerprint density at radius 2 is 0.967 bits per heavy atom. The fourth-order valence-corrected chi connectivity index (χ4v) is 8.77. The first-order chi connectivity index (χ1) is 29.2. The van der Waals surface area contributed by atoms with Gasteiger partial charge in [0.15, 0.2) is 0 Å². The quantitative estimate of drug-likeness (QED) is 0.0612. The van der Waals surface area contributed by atoms with Crippen molar-refractivity contribution in [1.29, 1.82) is 0 Å². The predicted molar refractivity (Wildman–Crippen MR) is 243 cm³/mol. The maximum atomic E-state index is 13.3. The molecule has 304 valence electrons. The van der Waals surface area contributed by atoms with Gasteiger partial charge in [0.1, 0.15) is 17.0 Å². The maximum absolute atomic E-state index is 13.3. The molecule has 0 saturated heterocycles. The summed E-state index contributed by atoms with van der Waals surface area (Å²) in [5, 5.41) is 33.6. The average molecular weight is 1080 g/mol. The molecule has 7 aromatic rings. The van der Waals surface area contributed by atoms with Crippen molar-refractivity contribution in [2.24, 2.45) is 0 Å². The van der Waals surface area contributed by atoms with Crippen molar-refractivity contribution in [2.45, 2.75) is 0 Å². The zero-order chi connectivity index (χ0) is 43.5. The summed E-state index contributed by atoms with van der Waals surface area (Å²) in [5.41, 5.74) is 3.00. The van der Waals surface area contributed by atoms with Gasteiger partial charge in [-0.25, -0.2) is 4.98 Å². The van der Waals surface area contributed by atoms with E-state index in [4.69, 9.17) is 4.98 Å². The number of aromatic nitrogens is 2. The fourth-order valence-electron chi connectivity index (χ4n) is 5.99. The van der Waals surface area contributed by atoms with Crippen molar-refractivity contribution < 1.29 is 29.0 Å². The van der Waals surface area contributed by atoms with E-state index < -0.39 is 33.5 Å². The number of H-pyrrole nitrogens is 1. The van der Waals surface area contributed by atoms with Crippen LogP contribution in [0.2, 0.25) is 0 Å². The van der Waals surface area contributed by atoms with Crippen molar-refractivity contribution >= 4 is 133 Å². The Bertz CT molecular complexity index is 2940. The zero-order valence-corrected chi connectivity index (χ0v) is 36.9. The van der Waals surface area contributed by atoms with Gasteiger partial charge in [0.05, 0.1) is 36.7 Å².